The zero-order chi connectivity index (χ0) is 18.1. The number of likely N-dealkylation sites (tertiary alicyclic amines) is 1. The molecule has 1 saturated carbocycles. The van der Waals surface area contributed by atoms with Crippen molar-refractivity contribution in [1.29, 1.82) is 0 Å². The fourth-order valence-electron chi connectivity index (χ4n) is 3.81. The fourth-order valence-corrected chi connectivity index (χ4v) is 3.81. The van der Waals surface area contributed by atoms with Crippen LogP contribution in [0, 0.1) is 11.3 Å². The number of benzene rings is 1. The van der Waals surface area contributed by atoms with Crippen molar-refractivity contribution in [3.8, 4) is 0 Å². The second-order valence-corrected chi connectivity index (χ2v) is 7.60. The van der Waals surface area contributed by atoms with Gasteiger partial charge in [-0.2, -0.15) is 13.2 Å². The molecule has 2 fully saturated rings. The average Bonchev–Trinajstić information content (AvgIpc) is 3.38. The number of aliphatic hydroxyl groups excluding tert-OH is 1. The lowest BCUT2D eigenvalue weighted by atomic mass is 9.76. The van der Waals surface area contributed by atoms with E-state index in [4.69, 9.17) is 0 Å². The van der Waals surface area contributed by atoms with Crippen LogP contribution in [-0.2, 0) is 17.4 Å². The molecule has 1 aliphatic heterocycles. The number of rotatable bonds is 5. The lowest BCUT2D eigenvalue weighted by Crippen LogP contribution is -2.48. The summed E-state index contributed by atoms with van der Waals surface area (Å²) in [6.45, 7) is 1.30. The molecular formula is C19H24F3NO2. The van der Waals surface area contributed by atoms with Gasteiger partial charge in [-0.15, -0.1) is 0 Å². The average molecular weight is 355 g/mol. The van der Waals surface area contributed by atoms with Gasteiger partial charge in [0.2, 0.25) is 5.91 Å². The molecule has 6 heteroatoms. The lowest BCUT2D eigenvalue weighted by molar-refractivity contribution is -0.137. The first-order chi connectivity index (χ1) is 11.8. The number of aliphatic hydroxyl groups is 1. The molecule has 1 N–H and O–H groups in total. The molecule has 138 valence electrons. The van der Waals surface area contributed by atoms with E-state index in [1.54, 1.807) is 4.90 Å². The Morgan fingerprint density at radius 2 is 1.92 bits per heavy atom. The molecule has 0 aromatic heterocycles. The minimum Gasteiger partial charge on any atom is -0.396 e. The largest absolute Gasteiger partial charge is 0.416 e. The molecule has 0 radical (unpaired) electrons. The summed E-state index contributed by atoms with van der Waals surface area (Å²) < 4.78 is 37.8. The summed E-state index contributed by atoms with van der Waals surface area (Å²) in [5.74, 6) is 0.602. The van der Waals surface area contributed by atoms with Crippen molar-refractivity contribution in [2.45, 2.75) is 44.7 Å². The molecule has 1 saturated heterocycles. The first-order valence-corrected chi connectivity index (χ1v) is 8.86. The number of carbonyl (C=O) groups is 1. The zero-order valence-electron chi connectivity index (χ0n) is 14.2. The van der Waals surface area contributed by atoms with Crippen molar-refractivity contribution in [3.05, 3.63) is 35.4 Å². The summed E-state index contributed by atoms with van der Waals surface area (Å²) in [4.78, 5) is 14.4. The minimum atomic E-state index is -4.36. The van der Waals surface area contributed by atoms with Crippen LogP contribution in [-0.4, -0.2) is 35.6 Å². The zero-order valence-corrected chi connectivity index (χ0v) is 14.2. The molecule has 0 spiro atoms. The highest BCUT2D eigenvalue weighted by Gasteiger charge is 2.40. The van der Waals surface area contributed by atoms with Crippen LogP contribution in [0.2, 0.25) is 0 Å². The Labute approximate surface area is 145 Å². The van der Waals surface area contributed by atoms with Gasteiger partial charge in [0.05, 0.1) is 18.6 Å². The van der Waals surface area contributed by atoms with Gasteiger partial charge in [0.1, 0.15) is 0 Å². The monoisotopic (exact) mass is 355 g/mol. The van der Waals surface area contributed by atoms with Crippen LogP contribution in [0.1, 0.15) is 43.2 Å². The Morgan fingerprint density at radius 1 is 1.24 bits per heavy atom. The van der Waals surface area contributed by atoms with Crippen LogP contribution in [0.4, 0.5) is 13.2 Å². The molecule has 3 nitrogen and oxygen atoms in total. The topological polar surface area (TPSA) is 40.5 Å². The van der Waals surface area contributed by atoms with Gasteiger partial charge in [-0.05, 0) is 42.9 Å². The van der Waals surface area contributed by atoms with E-state index in [-0.39, 0.29) is 24.3 Å². The van der Waals surface area contributed by atoms with Crippen molar-refractivity contribution >= 4 is 5.91 Å². The highest BCUT2D eigenvalue weighted by Crippen LogP contribution is 2.44. The molecule has 1 aromatic rings. The van der Waals surface area contributed by atoms with Gasteiger partial charge in [0.25, 0.3) is 0 Å². The van der Waals surface area contributed by atoms with Gasteiger partial charge in [-0.1, -0.05) is 25.0 Å². The van der Waals surface area contributed by atoms with Gasteiger partial charge in [0.15, 0.2) is 0 Å². The fraction of sp³-hybridized carbons (Fsp3) is 0.632. The Morgan fingerprint density at radius 3 is 2.48 bits per heavy atom. The molecule has 25 heavy (non-hydrogen) atoms. The maximum absolute atomic E-state index is 12.6. The van der Waals surface area contributed by atoms with Gasteiger partial charge in [-0.3, -0.25) is 4.79 Å². The molecule has 1 atom stereocenters. The van der Waals surface area contributed by atoms with E-state index in [1.165, 1.54) is 25.0 Å². The van der Waals surface area contributed by atoms with Crippen LogP contribution >= 0.6 is 0 Å². The highest BCUT2D eigenvalue weighted by molar-refractivity contribution is 5.79. The van der Waals surface area contributed by atoms with Crippen LogP contribution < -0.4 is 0 Å². The minimum absolute atomic E-state index is 0.0759. The van der Waals surface area contributed by atoms with Crippen molar-refractivity contribution in [2.75, 3.05) is 19.7 Å². The predicted molar refractivity (Wildman–Crippen MR) is 87.8 cm³/mol. The Balaban J connectivity index is 1.62. The number of halogens is 3. The number of hydrogen-bond acceptors (Lipinski definition) is 2. The molecule has 1 aromatic carbocycles. The van der Waals surface area contributed by atoms with E-state index in [1.807, 2.05) is 0 Å². The summed E-state index contributed by atoms with van der Waals surface area (Å²) in [5, 5.41) is 9.87. The van der Waals surface area contributed by atoms with Gasteiger partial charge in [0, 0.05) is 18.5 Å². The van der Waals surface area contributed by atoms with Crippen molar-refractivity contribution in [1.82, 2.24) is 4.90 Å². The molecule has 1 unspecified atom stereocenters. The number of piperidine rings is 1. The molecule has 1 heterocycles. The number of alkyl halides is 3. The third kappa shape index (κ3) is 4.54. The van der Waals surface area contributed by atoms with E-state index in [2.05, 4.69) is 0 Å². The van der Waals surface area contributed by atoms with Crippen LogP contribution in [0.25, 0.3) is 0 Å². The van der Waals surface area contributed by atoms with Crippen molar-refractivity contribution in [3.63, 3.8) is 0 Å². The summed E-state index contributed by atoms with van der Waals surface area (Å²) in [6, 6.07) is 4.77. The second-order valence-electron chi connectivity index (χ2n) is 7.60. The smallest absolute Gasteiger partial charge is 0.396 e. The number of nitrogens with zero attached hydrogens (tertiary/aromatic N) is 1. The Bertz CT molecular complexity index is 610. The predicted octanol–water partition coefficient (Wildman–Crippen LogP) is 3.65. The molecular weight excluding hydrogens is 331 g/mol. The first kappa shape index (κ1) is 18.2. The lowest BCUT2D eigenvalue weighted by Gasteiger charge is -2.42. The molecule has 1 aliphatic carbocycles. The number of carbonyl (C=O) groups excluding carboxylic acids is 1. The van der Waals surface area contributed by atoms with Crippen LogP contribution in [0.5, 0.6) is 0 Å². The van der Waals surface area contributed by atoms with E-state index in [0.717, 1.165) is 31.4 Å². The molecule has 2 aliphatic rings. The SMILES string of the molecule is O=C(Cc1ccc(C(F)(F)F)cc1)N1CCCC(CO)(CC2CC2)C1. The number of amides is 1. The van der Waals surface area contributed by atoms with Gasteiger partial charge >= 0.3 is 6.18 Å². The second kappa shape index (κ2) is 6.98. The van der Waals surface area contributed by atoms with Crippen LogP contribution in [0.15, 0.2) is 24.3 Å². The molecule has 1 amide bonds. The van der Waals surface area contributed by atoms with E-state index in [9.17, 15) is 23.1 Å². The third-order valence-corrected chi connectivity index (χ3v) is 5.40. The molecule has 0 bridgehead atoms. The quantitative estimate of drug-likeness (QED) is 0.876. The van der Waals surface area contributed by atoms with Gasteiger partial charge in [-0.25, -0.2) is 0 Å². The Kier molecular flexibility index (Phi) is 5.09. The van der Waals surface area contributed by atoms with E-state index >= 15 is 0 Å². The normalized spacial score (nSPS) is 24.4. The third-order valence-electron chi connectivity index (χ3n) is 5.40. The van der Waals surface area contributed by atoms with E-state index < -0.39 is 11.7 Å². The first-order valence-electron chi connectivity index (χ1n) is 8.86. The standard InChI is InChI=1S/C19H24F3NO2/c20-19(21,22)16-6-4-14(5-7-16)10-17(25)23-9-1-8-18(12-23,13-24)11-15-2-3-15/h4-7,15,24H,1-3,8-13H2. The summed E-state index contributed by atoms with van der Waals surface area (Å²) in [7, 11) is 0. The Hall–Kier alpha value is -1.56. The highest BCUT2D eigenvalue weighted by atomic mass is 19.4. The number of hydrogen-bond donors (Lipinski definition) is 1. The molecule has 3 rings (SSSR count). The van der Waals surface area contributed by atoms with Crippen molar-refractivity contribution < 1.29 is 23.1 Å². The summed E-state index contributed by atoms with van der Waals surface area (Å²) in [5.41, 5.74) is -0.319. The van der Waals surface area contributed by atoms with E-state index in [0.29, 0.717) is 24.6 Å². The summed E-state index contributed by atoms with van der Waals surface area (Å²) >= 11 is 0. The van der Waals surface area contributed by atoms with Crippen molar-refractivity contribution in [2.24, 2.45) is 11.3 Å². The van der Waals surface area contributed by atoms with Gasteiger partial charge < -0.3 is 10.0 Å². The maximum Gasteiger partial charge on any atom is 0.416 e. The maximum atomic E-state index is 12.6. The summed E-state index contributed by atoms with van der Waals surface area (Å²) in [6.07, 6.45) is 0.925. The van der Waals surface area contributed by atoms with Crippen LogP contribution in [0.3, 0.4) is 0 Å².